The molecule has 5 rings (SSSR count). The van der Waals surface area contributed by atoms with Gasteiger partial charge in [-0.1, -0.05) is 48.5 Å². The average molecular weight is 591 g/mol. The van der Waals surface area contributed by atoms with Gasteiger partial charge < -0.3 is 19.6 Å². The lowest BCUT2D eigenvalue weighted by Crippen LogP contribution is -2.49. The summed E-state index contributed by atoms with van der Waals surface area (Å²) in [4.78, 5) is 14.0. The minimum atomic E-state index is 0.210. The second kappa shape index (κ2) is 13.7. The van der Waals surface area contributed by atoms with Crippen molar-refractivity contribution in [1.29, 1.82) is 0 Å². The highest BCUT2D eigenvalue weighted by atomic mass is 15.3. The normalized spacial score (nSPS) is 14.2. The summed E-state index contributed by atoms with van der Waals surface area (Å²) >= 11 is 0. The van der Waals surface area contributed by atoms with Crippen molar-refractivity contribution in [3.05, 3.63) is 119 Å². The SMILES string of the molecule is CN(C)c1ccc(C(c2ccc(N(C)C)cc2)N2CCN(C(c3ccc(N(C)C)cc3)c3ccc(N(C)C)cc3)CC2)cc1. The number of piperazine rings is 1. The zero-order chi connectivity index (χ0) is 31.4. The lowest BCUT2D eigenvalue weighted by Gasteiger charge is -2.43. The van der Waals surface area contributed by atoms with E-state index in [1.807, 2.05) is 0 Å². The van der Waals surface area contributed by atoms with Crippen molar-refractivity contribution >= 4 is 22.7 Å². The Bertz CT molecular complexity index is 1230. The van der Waals surface area contributed by atoms with Gasteiger partial charge in [-0.25, -0.2) is 0 Å². The van der Waals surface area contributed by atoms with Gasteiger partial charge in [0.25, 0.3) is 0 Å². The van der Waals surface area contributed by atoms with Crippen molar-refractivity contribution in [2.45, 2.75) is 12.1 Å². The molecule has 44 heavy (non-hydrogen) atoms. The van der Waals surface area contributed by atoms with Crippen LogP contribution in [0.25, 0.3) is 0 Å². The predicted octanol–water partition coefficient (Wildman–Crippen LogP) is 6.45. The van der Waals surface area contributed by atoms with E-state index < -0.39 is 0 Å². The van der Waals surface area contributed by atoms with Crippen molar-refractivity contribution in [3.63, 3.8) is 0 Å². The van der Waals surface area contributed by atoms with Crippen LogP contribution >= 0.6 is 0 Å². The maximum atomic E-state index is 2.67. The molecule has 0 N–H and O–H groups in total. The molecule has 1 aliphatic rings. The Morgan fingerprint density at radius 2 is 0.523 bits per heavy atom. The molecule has 6 heteroatoms. The van der Waals surface area contributed by atoms with Crippen LogP contribution in [0.5, 0.6) is 0 Å². The molecule has 0 unspecified atom stereocenters. The molecule has 0 bridgehead atoms. The van der Waals surface area contributed by atoms with E-state index in [0.717, 1.165) is 26.2 Å². The Kier molecular flexibility index (Phi) is 9.82. The van der Waals surface area contributed by atoms with Gasteiger partial charge in [-0.2, -0.15) is 0 Å². The molecule has 4 aromatic carbocycles. The minimum Gasteiger partial charge on any atom is -0.378 e. The Balaban J connectivity index is 1.43. The highest BCUT2D eigenvalue weighted by Crippen LogP contribution is 2.36. The highest BCUT2D eigenvalue weighted by Gasteiger charge is 2.31. The number of rotatable bonds is 10. The van der Waals surface area contributed by atoms with Crippen LogP contribution in [-0.2, 0) is 0 Å². The molecule has 1 saturated heterocycles. The summed E-state index contributed by atoms with van der Waals surface area (Å²) in [5, 5.41) is 0. The fourth-order valence-corrected chi connectivity index (χ4v) is 6.30. The Labute approximate surface area is 265 Å². The topological polar surface area (TPSA) is 19.4 Å². The van der Waals surface area contributed by atoms with Crippen molar-refractivity contribution in [1.82, 2.24) is 9.80 Å². The van der Waals surface area contributed by atoms with E-state index in [1.165, 1.54) is 45.0 Å². The summed E-state index contributed by atoms with van der Waals surface area (Å²) in [7, 11) is 16.8. The number of hydrogen-bond donors (Lipinski definition) is 0. The van der Waals surface area contributed by atoms with Gasteiger partial charge in [-0.15, -0.1) is 0 Å². The molecule has 0 saturated carbocycles. The van der Waals surface area contributed by atoms with E-state index in [0.29, 0.717) is 0 Å². The maximum Gasteiger partial charge on any atom is 0.0602 e. The fraction of sp³-hybridized carbons (Fsp3) is 0.368. The molecule has 6 nitrogen and oxygen atoms in total. The quantitative estimate of drug-likeness (QED) is 0.210. The standard InChI is InChI=1S/C38H50N6/c1-39(2)33-17-9-29(10-18-33)37(30-11-19-34(20-12-30)40(3)4)43-25-27-44(28-26-43)38(31-13-21-35(22-14-31)41(5)6)32-15-23-36(24-16-32)42(7)8/h9-24,37-38H,25-28H2,1-8H3. The first kappa shape index (κ1) is 31.4. The van der Waals surface area contributed by atoms with Crippen LogP contribution in [0, 0.1) is 0 Å². The Morgan fingerprint density at radius 1 is 0.341 bits per heavy atom. The van der Waals surface area contributed by atoms with Gasteiger partial charge in [0, 0.05) is 105 Å². The second-order valence-corrected chi connectivity index (χ2v) is 12.8. The number of benzene rings is 4. The molecule has 1 aliphatic heterocycles. The molecule has 0 amide bonds. The molecular formula is C38H50N6. The first-order valence-corrected chi connectivity index (χ1v) is 15.7. The maximum absolute atomic E-state index is 2.67. The number of anilines is 4. The zero-order valence-electron chi connectivity index (χ0n) is 27.9. The number of nitrogens with zero attached hydrogens (tertiary/aromatic N) is 6. The van der Waals surface area contributed by atoms with Gasteiger partial charge in [-0.05, 0) is 70.8 Å². The summed E-state index contributed by atoms with van der Waals surface area (Å²) < 4.78 is 0. The molecule has 232 valence electrons. The van der Waals surface area contributed by atoms with Crippen LogP contribution in [0.1, 0.15) is 34.3 Å². The van der Waals surface area contributed by atoms with Crippen molar-refractivity contribution < 1.29 is 0 Å². The molecule has 0 spiro atoms. The van der Waals surface area contributed by atoms with E-state index in [-0.39, 0.29) is 12.1 Å². The van der Waals surface area contributed by atoms with E-state index in [1.54, 1.807) is 0 Å². The predicted molar refractivity (Wildman–Crippen MR) is 190 cm³/mol. The van der Waals surface area contributed by atoms with Crippen LogP contribution < -0.4 is 19.6 Å². The van der Waals surface area contributed by atoms with Gasteiger partial charge in [0.05, 0.1) is 12.1 Å². The Hall–Kier alpha value is -4.00. The van der Waals surface area contributed by atoms with Crippen molar-refractivity contribution in [2.24, 2.45) is 0 Å². The number of hydrogen-bond acceptors (Lipinski definition) is 6. The van der Waals surface area contributed by atoms with Crippen molar-refractivity contribution in [2.75, 3.05) is 102 Å². The third kappa shape index (κ3) is 7.03. The second-order valence-electron chi connectivity index (χ2n) is 12.8. The van der Waals surface area contributed by atoms with Gasteiger partial charge in [0.1, 0.15) is 0 Å². The Morgan fingerprint density at radius 3 is 0.682 bits per heavy atom. The van der Waals surface area contributed by atoms with Crippen LogP contribution in [-0.4, -0.2) is 92.4 Å². The largest absolute Gasteiger partial charge is 0.378 e. The first-order valence-electron chi connectivity index (χ1n) is 15.7. The lowest BCUT2D eigenvalue weighted by molar-refractivity contribution is 0.0898. The molecule has 0 atom stereocenters. The molecule has 0 radical (unpaired) electrons. The van der Waals surface area contributed by atoms with Gasteiger partial charge in [-0.3, -0.25) is 9.80 Å². The van der Waals surface area contributed by atoms with E-state index in [2.05, 4.69) is 183 Å². The third-order valence-electron chi connectivity index (χ3n) is 8.98. The summed E-state index contributed by atoms with van der Waals surface area (Å²) in [5.41, 5.74) is 10.3. The van der Waals surface area contributed by atoms with Crippen LogP contribution in [0.4, 0.5) is 22.7 Å². The van der Waals surface area contributed by atoms with E-state index in [4.69, 9.17) is 0 Å². The zero-order valence-corrected chi connectivity index (χ0v) is 27.9. The molecular weight excluding hydrogens is 540 g/mol. The van der Waals surface area contributed by atoms with E-state index in [9.17, 15) is 0 Å². The molecule has 0 aliphatic carbocycles. The van der Waals surface area contributed by atoms with Gasteiger partial charge in [0.15, 0.2) is 0 Å². The molecule has 1 heterocycles. The van der Waals surface area contributed by atoms with E-state index >= 15 is 0 Å². The van der Waals surface area contributed by atoms with Crippen molar-refractivity contribution in [3.8, 4) is 0 Å². The fourth-order valence-electron chi connectivity index (χ4n) is 6.30. The monoisotopic (exact) mass is 590 g/mol. The van der Waals surface area contributed by atoms with Crippen LogP contribution in [0.2, 0.25) is 0 Å². The summed E-state index contributed by atoms with van der Waals surface area (Å²) in [5.74, 6) is 0. The van der Waals surface area contributed by atoms with Crippen LogP contribution in [0.3, 0.4) is 0 Å². The smallest absolute Gasteiger partial charge is 0.0602 e. The van der Waals surface area contributed by atoms with Gasteiger partial charge >= 0.3 is 0 Å². The summed E-state index contributed by atoms with van der Waals surface area (Å²) in [6, 6.07) is 36.9. The first-order chi connectivity index (χ1) is 21.1. The summed E-state index contributed by atoms with van der Waals surface area (Å²) in [6.45, 7) is 3.99. The van der Waals surface area contributed by atoms with Crippen LogP contribution in [0.15, 0.2) is 97.1 Å². The lowest BCUT2D eigenvalue weighted by atomic mass is 9.93. The molecule has 4 aromatic rings. The van der Waals surface area contributed by atoms with Gasteiger partial charge in [0.2, 0.25) is 0 Å². The molecule has 1 fully saturated rings. The highest BCUT2D eigenvalue weighted by molar-refractivity contribution is 5.52. The minimum absolute atomic E-state index is 0.210. The molecule has 0 aromatic heterocycles. The summed E-state index contributed by atoms with van der Waals surface area (Å²) in [6.07, 6.45) is 0. The average Bonchev–Trinajstić information content (AvgIpc) is 3.03. The third-order valence-corrected chi connectivity index (χ3v) is 8.98.